The predicted octanol–water partition coefficient (Wildman–Crippen LogP) is 4.13. The quantitative estimate of drug-likeness (QED) is 0.716. The second-order valence-corrected chi connectivity index (χ2v) is 8.80. The van der Waals surface area contributed by atoms with Gasteiger partial charge in [-0.15, -0.1) is 11.3 Å². The summed E-state index contributed by atoms with van der Waals surface area (Å²) in [5.74, 6) is 1.03. The van der Waals surface area contributed by atoms with E-state index in [4.69, 9.17) is 16.6 Å². The van der Waals surface area contributed by atoms with E-state index in [-0.39, 0.29) is 11.9 Å². The topological polar surface area (TPSA) is 49.1 Å². The zero-order chi connectivity index (χ0) is 17.9. The molecule has 26 heavy (non-hydrogen) atoms. The number of carbonyl (C=O) groups excluding carboxylic acids is 1. The van der Waals surface area contributed by atoms with E-state index >= 15 is 0 Å². The molecule has 1 amide bonds. The largest absolute Gasteiger partial charge is 0.467 e. The molecule has 1 atom stereocenters. The van der Waals surface area contributed by atoms with E-state index in [1.54, 1.807) is 22.6 Å². The van der Waals surface area contributed by atoms with Crippen LogP contribution < -0.4 is 0 Å². The highest BCUT2D eigenvalue weighted by atomic mass is 32.2. The molecular weight excluding hydrogens is 386 g/mol. The molecule has 1 saturated heterocycles. The highest BCUT2D eigenvalue weighted by Crippen LogP contribution is 2.34. The molecule has 0 bridgehead atoms. The van der Waals surface area contributed by atoms with Gasteiger partial charge in [-0.1, -0.05) is 30.0 Å². The lowest BCUT2D eigenvalue weighted by molar-refractivity contribution is -0.130. The Bertz CT molecular complexity index is 796. The van der Waals surface area contributed by atoms with E-state index in [2.05, 4.69) is 10.0 Å². The van der Waals surface area contributed by atoms with Gasteiger partial charge >= 0.3 is 0 Å². The van der Waals surface area contributed by atoms with Crippen LogP contribution in [0.2, 0.25) is 0 Å². The third-order valence-corrected chi connectivity index (χ3v) is 6.95. The van der Waals surface area contributed by atoms with Crippen molar-refractivity contribution in [2.45, 2.75) is 25.3 Å². The van der Waals surface area contributed by atoms with Crippen molar-refractivity contribution in [3.05, 3.63) is 46.5 Å². The maximum absolute atomic E-state index is 12.9. The SMILES string of the molecule is O=C(CSC(=S)N1CCCC1)N1N=C(c2cccs2)CC1c1ccco1. The summed E-state index contributed by atoms with van der Waals surface area (Å²) < 4.78 is 6.38. The Morgan fingerprint density at radius 1 is 1.35 bits per heavy atom. The van der Waals surface area contributed by atoms with E-state index in [0.717, 1.165) is 33.8 Å². The second-order valence-electron chi connectivity index (χ2n) is 6.25. The van der Waals surface area contributed by atoms with Crippen LogP contribution in [0.15, 0.2) is 45.4 Å². The lowest BCUT2D eigenvalue weighted by Gasteiger charge is -2.21. The number of hydrazone groups is 1. The maximum atomic E-state index is 12.9. The summed E-state index contributed by atoms with van der Waals surface area (Å²) >= 11 is 8.54. The molecule has 4 rings (SSSR count). The van der Waals surface area contributed by atoms with Gasteiger partial charge < -0.3 is 9.32 Å². The Morgan fingerprint density at radius 3 is 2.88 bits per heavy atom. The molecule has 0 aromatic carbocycles. The minimum absolute atomic E-state index is 0.0375. The van der Waals surface area contributed by atoms with Crippen molar-refractivity contribution in [2.24, 2.45) is 5.10 Å². The molecule has 0 saturated carbocycles. The summed E-state index contributed by atoms with van der Waals surface area (Å²) in [6.07, 6.45) is 4.66. The Labute approximate surface area is 166 Å². The van der Waals surface area contributed by atoms with Gasteiger partial charge in [0.15, 0.2) is 0 Å². The summed E-state index contributed by atoms with van der Waals surface area (Å²) in [5, 5.41) is 8.22. The maximum Gasteiger partial charge on any atom is 0.253 e. The van der Waals surface area contributed by atoms with Crippen LogP contribution in [0.5, 0.6) is 0 Å². The van der Waals surface area contributed by atoms with Gasteiger partial charge in [0.1, 0.15) is 16.1 Å². The first kappa shape index (κ1) is 17.8. The molecule has 2 aromatic rings. The molecule has 2 aliphatic rings. The summed E-state index contributed by atoms with van der Waals surface area (Å²) in [5.41, 5.74) is 0.932. The molecule has 0 N–H and O–H groups in total. The first-order valence-corrected chi connectivity index (χ1v) is 10.9. The van der Waals surface area contributed by atoms with Crippen LogP contribution in [0.3, 0.4) is 0 Å². The number of thiophene rings is 1. The highest BCUT2D eigenvalue weighted by molar-refractivity contribution is 8.23. The van der Waals surface area contributed by atoms with Gasteiger partial charge in [0.2, 0.25) is 0 Å². The van der Waals surface area contributed by atoms with Crippen molar-refractivity contribution in [1.29, 1.82) is 0 Å². The molecule has 2 aromatic heterocycles. The fourth-order valence-corrected chi connectivity index (χ4v) is 5.04. The fraction of sp³-hybridized carbons (Fsp3) is 0.389. The number of furan rings is 1. The third-order valence-electron chi connectivity index (χ3n) is 4.53. The number of amides is 1. The van der Waals surface area contributed by atoms with Gasteiger partial charge in [-0.2, -0.15) is 5.10 Å². The van der Waals surface area contributed by atoms with Crippen molar-refractivity contribution in [3.63, 3.8) is 0 Å². The molecule has 0 spiro atoms. The van der Waals surface area contributed by atoms with Crippen molar-refractivity contribution >= 4 is 51.3 Å². The number of hydrogen-bond acceptors (Lipinski definition) is 6. The van der Waals surface area contributed by atoms with Crippen molar-refractivity contribution in [3.8, 4) is 0 Å². The Balaban J connectivity index is 1.47. The van der Waals surface area contributed by atoms with Crippen LogP contribution in [-0.2, 0) is 4.79 Å². The number of thiocarbonyl (C=S) groups is 1. The van der Waals surface area contributed by atoms with Gasteiger partial charge in [-0.05, 0) is 36.4 Å². The zero-order valence-electron chi connectivity index (χ0n) is 14.2. The lowest BCUT2D eigenvalue weighted by Crippen LogP contribution is -2.30. The molecule has 8 heteroatoms. The van der Waals surface area contributed by atoms with Crippen LogP contribution in [0.4, 0.5) is 0 Å². The monoisotopic (exact) mass is 405 g/mol. The van der Waals surface area contributed by atoms with Crippen molar-refractivity contribution in [1.82, 2.24) is 9.91 Å². The van der Waals surface area contributed by atoms with Crippen LogP contribution in [-0.4, -0.2) is 44.7 Å². The van der Waals surface area contributed by atoms with Crippen molar-refractivity contribution in [2.75, 3.05) is 18.8 Å². The molecule has 0 aliphatic carbocycles. The van der Waals surface area contributed by atoms with Gasteiger partial charge in [0, 0.05) is 19.5 Å². The standard InChI is InChI=1S/C18H19N3O2S3/c22-17(12-26-18(24)20-7-1-2-8-20)21-14(15-5-3-9-23-15)11-13(19-21)16-6-4-10-25-16/h3-6,9-10,14H,1-2,7-8,11-12H2. The molecule has 0 radical (unpaired) electrons. The van der Waals surface area contributed by atoms with E-state index in [1.165, 1.54) is 24.6 Å². The number of nitrogens with zero attached hydrogens (tertiary/aromatic N) is 3. The fourth-order valence-electron chi connectivity index (χ4n) is 3.21. The summed E-state index contributed by atoms with van der Waals surface area (Å²) in [6.45, 7) is 2.00. The third kappa shape index (κ3) is 3.72. The smallest absolute Gasteiger partial charge is 0.253 e. The number of hydrogen-bond donors (Lipinski definition) is 0. The van der Waals surface area contributed by atoms with E-state index in [9.17, 15) is 4.79 Å². The lowest BCUT2D eigenvalue weighted by atomic mass is 10.1. The van der Waals surface area contributed by atoms with Crippen LogP contribution >= 0.6 is 35.3 Å². The van der Waals surface area contributed by atoms with Gasteiger partial charge in [0.05, 0.1) is 22.6 Å². The molecule has 2 aliphatic heterocycles. The Hall–Kier alpha value is -1.64. The first-order valence-electron chi connectivity index (χ1n) is 8.61. The van der Waals surface area contributed by atoms with Crippen molar-refractivity contribution < 1.29 is 9.21 Å². The zero-order valence-corrected chi connectivity index (χ0v) is 16.6. The Kier molecular flexibility index (Phi) is 5.42. The van der Waals surface area contributed by atoms with Crippen LogP contribution in [0, 0.1) is 0 Å². The van der Waals surface area contributed by atoms with Gasteiger partial charge in [0.25, 0.3) is 5.91 Å². The second kappa shape index (κ2) is 7.94. The predicted molar refractivity (Wildman–Crippen MR) is 110 cm³/mol. The summed E-state index contributed by atoms with van der Waals surface area (Å²) in [4.78, 5) is 16.1. The molecule has 5 nitrogen and oxygen atoms in total. The Morgan fingerprint density at radius 2 is 2.19 bits per heavy atom. The normalized spacial score (nSPS) is 19.8. The van der Waals surface area contributed by atoms with Gasteiger partial charge in [-0.3, -0.25) is 4.79 Å². The highest BCUT2D eigenvalue weighted by Gasteiger charge is 2.35. The number of rotatable bonds is 4. The summed E-state index contributed by atoms with van der Waals surface area (Å²) in [7, 11) is 0. The van der Waals surface area contributed by atoms with E-state index in [1.807, 2.05) is 29.6 Å². The number of likely N-dealkylation sites (tertiary alicyclic amines) is 1. The minimum atomic E-state index is -0.185. The molecule has 136 valence electrons. The molecule has 1 unspecified atom stereocenters. The van der Waals surface area contributed by atoms with E-state index < -0.39 is 0 Å². The minimum Gasteiger partial charge on any atom is -0.467 e. The molecule has 4 heterocycles. The number of carbonyl (C=O) groups is 1. The van der Waals surface area contributed by atoms with Gasteiger partial charge in [-0.25, -0.2) is 5.01 Å². The molecule has 1 fully saturated rings. The van der Waals surface area contributed by atoms with E-state index in [0.29, 0.717) is 12.2 Å². The first-order chi connectivity index (χ1) is 12.7. The summed E-state index contributed by atoms with van der Waals surface area (Å²) in [6, 6.07) is 7.60. The molecular formula is C18H19N3O2S3. The average Bonchev–Trinajstić information content (AvgIpc) is 3.42. The average molecular weight is 406 g/mol. The van der Waals surface area contributed by atoms with Crippen LogP contribution in [0.25, 0.3) is 0 Å². The number of thioether (sulfide) groups is 1. The van der Waals surface area contributed by atoms with Crippen LogP contribution in [0.1, 0.15) is 35.9 Å².